The van der Waals surface area contributed by atoms with Gasteiger partial charge in [-0.05, 0) is 6.92 Å². The van der Waals surface area contributed by atoms with E-state index in [0.717, 1.165) is 0 Å². The van der Waals surface area contributed by atoms with Crippen LogP contribution in [0.1, 0.15) is 13.3 Å². The lowest BCUT2D eigenvalue weighted by molar-refractivity contribution is -0.207. The second kappa shape index (κ2) is 4.56. The topological polar surface area (TPSA) is 78.8 Å². The van der Waals surface area contributed by atoms with E-state index in [4.69, 9.17) is 9.84 Å². The first-order valence-electron chi connectivity index (χ1n) is 4.61. The fourth-order valence-electron chi connectivity index (χ4n) is 1.46. The number of hydrogen-bond acceptors (Lipinski definition) is 4. The van der Waals surface area contributed by atoms with E-state index in [1.165, 1.54) is 6.92 Å². The van der Waals surface area contributed by atoms with Gasteiger partial charge in [0.05, 0.1) is 12.1 Å². The van der Waals surface area contributed by atoms with Crippen molar-refractivity contribution in [2.24, 2.45) is 0 Å². The van der Waals surface area contributed by atoms with Gasteiger partial charge in [-0.15, -0.1) is 0 Å². The minimum absolute atomic E-state index is 0.284. The van der Waals surface area contributed by atoms with Gasteiger partial charge in [-0.1, -0.05) is 0 Å². The molecule has 1 rings (SSSR count). The zero-order valence-electron chi connectivity index (χ0n) is 8.36. The molecule has 0 bridgehead atoms. The summed E-state index contributed by atoms with van der Waals surface area (Å²) >= 11 is 0. The van der Waals surface area contributed by atoms with Crippen LogP contribution in [-0.4, -0.2) is 46.8 Å². The molecule has 0 spiro atoms. The van der Waals surface area contributed by atoms with E-state index in [1.807, 2.05) is 0 Å². The number of ether oxygens (including phenoxy) is 1. The molecule has 0 aliphatic carbocycles. The molecule has 1 saturated heterocycles. The quantitative estimate of drug-likeness (QED) is 0.581. The van der Waals surface area contributed by atoms with E-state index in [1.54, 1.807) is 5.32 Å². The Bertz CT molecular complexity index is 270. The Hall–Kier alpha value is -0.860. The Morgan fingerprint density at radius 1 is 1.44 bits per heavy atom. The van der Waals surface area contributed by atoms with E-state index < -0.39 is 36.6 Å². The lowest BCUT2D eigenvalue weighted by Gasteiger charge is -2.36. The van der Waals surface area contributed by atoms with Gasteiger partial charge in [0.2, 0.25) is 0 Å². The van der Waals surface area contributed by atoms with Crippen LogP contribution in [0.5, 0.6) is 0 Å². The van der Waals surface area contributed by atoms with Crippen molar-refractivity contribution in [1.82, 2.24) is 5.32 Å². The van der Waals surface area contributed by atoms with Gasteiger partial charge in [0.25, 0.3) is 0 Å². The number of hydrogen-bond donors (Lipinski definition) is 3. The van der Waals surface area contributed by atoms with Crippen LogP contribution in [0.4, 0.5) is 13.2 Å². The molecule has 1 amide bonds. The van der Waals surface area contributed by atoms with E-state index in [2.05, 4.69) is 0 Å². The van der Waals surface area contributed by atoms with Crippen molar-refractivity contribution in [2.45, 2.75) is 44.1 Å². The highest BCUT2D eigenvalue weighted by Crippen LogP contribution is 2.21. The summed E-state index contributed by atoms with van der Waals surface area (Å²) < 4.78 is 40.6. The minimum atomic E-state index is -5.01. The van der Waals surface area contributed by atoms with Crippen LogP contribution in [0.2, 0.25) is 0 Å². The van der Waals surface area contributed by atoms with Gasteiger partial charge in [-0.25, -0.2) is 0 Å². The summed E-state index contributed by atoms with van der Waals surface area (Å²) in [5.41, 5.74) is 0. The lowest BCUT2D eigenvalue weighted by Crippen LogP contribution is -2.56. The number of carbonyl (C=O) groups excluding carboxylic acids is 1. The van der Waals surface area contributed by atoms with Gasteiger partial charge in [-0.2, -0.15) is 13.2 Å². The smallest absolute Gasteiger partial charge is 0.388 e. The SMILES string of the molecule is C[C@@H]1OC(O)C[C@H](NC(=O)C(F)(F)F)[C@@H]1O. The second-order valence-corrected chi connectivity index (χ2v) is 3.60. The Morgan fingerprint density at radius 3 is 2.50 bits per heavy atom. The Labute approximate surface area is 89.2 Å². The zero-order valence-corrected chi connectivity index (χ0v) is 8.36. The normalized spacial score (nSPS) is 35.9. The third-order valence-electron chi connectivity index (χ3n) is 2.29. The number of rotatable bonds is 1. The number of halogens is 3. The first-order chi connectivity index (χ1) is 7.21. The number of aliphatic hydroxyl groups is 2. The van der Waals surface area contributed by atoms with Crippen molar-refractivity contribution in [2.75, 3.05) is 0 Å². The number of nitrogens with one attached hydrogen (secondary N) is 1. The van der Waals surface area contributed by atoms with Crippen molar-refractivity contribution in [3.05, 3.63) is 0 Å². The van der Waals surface area contributed by atoms with Gasteiger partial charge in [0.1, 0.15) is 6.10 Å². The number of amides is 1. The van der Waals surface area contributed by atoms with Gasteiger partial charge in [0.15, 0.2) is 6.29 Å². The van der Waals surface area contributed by atoms with Crippen LogP contribution in [0, 0.1) is 0 Å². The maximum atomic E-state index is 11.9. The highest BCUT2D eigenvalue weighted by atomic mass is 19.4. The molecule has 0 aromatic rings. The first-order valence-corrected chi connectivity index (χ1v) is 4.61. The van der Waals surface area contributed by atoms with Crippen LogP contribution in [0.25, 0.3) is 0 Å². The van der Waals surface area contributed by atoms with Crippen LogP contribution < -0.4 is 5.32 Å². The zero-order chi connectivity index (χ0) is 12.5. The van der Waals surface area contributed by atoms with Crippen LogP contribution in [0.3, 0.4) is 0 Å². The third-order valence-corrected chi connectivity index (χ3v) is 2.29. The fourth-order valence-corrected chi connectivity index (χ4v) is 1.46. The second-order valence-electron chi connectivity index (χ2n) is 3.60. The summed E-state index contributed by atoms with van der Waals surface area (Å²) in [6, 6.07) is -1.17. The van der Waals surface area contributed by atoms with Crippen molar-refractivity contribution < 1.29 is 32.9 Å². The summed E-state index contributed by atoms with van der Waals surface area (Å²) in [4.78, 5) is 10.6. The van der Waals surface area contributed by atoms with Crippen LogP contribution >= 0.6 is 0 Å². The van der Waals surface area contributed by atoms with Crippen LogP contribution in [0.15, 0.2) is 0 Å². The third kappa shape index (κ3) is 3.06. The predicted molar refractivity (Wildman–Crippen MR) is 45.2 cm³/mol. The fraction of sp³-hybridized carbons (Fsp3) is 0.875. The van der Waals surface area contributed by atoms with Gasteiger partial charge < -0.3 is 20.3 Å². The minimum Gasteiger partial charge on any atom is -0.388 e. The van der Waals surface area contributed by atoms with Crippen LogP contribution in [-0.2, 0) is 9.53 Å². The number of carbonyl (C=O) groups is 1. The highest BCUT2D eigenvalue weighted by molar-refractivity contribution is 5.82. The molecule has 8 heteroatoms. The summed E-state index contributed by atoms with van der Waals surface area (Å²) in [5, 5.41) is 20.2. The number of aliphatic hydroxyl groups excluding tert-OH is 2. The van der Waals surface area contributed by atoms with E-state index in [-0.39, 0.29) is 6.42 Å². The largest absolute Gasteiger partial charge is 0.471 e. The van der Waals surface area contributed by atoms with Crippen molar-refractivity contribution >= 4 is 5.91 Å². The average Bonchev–Trinajstić information content (AvgIpc) is 2.11. The standard InChI is InChI=1S/C8H12F3NO4/c1-3-6(14)4(2-5(13)16-3)12-7(15)8(9,10)11/h3-6,13-14H,2H2,1H3,(H,12,15)/t3-,4-,5?,6+/m0/s1. The molecule has 1 heterocycles. The highest BCUT2D eigenvalue weighted by Gasteiger charge is 2.43. The predicted octanol–water partition coefficient (Wildman–Crippen LogP) is -0.478. The van der Waals surface area contributed by atoms with Gasteiger partial charge >= 0.3 is 12.1 Å². The molecule has 0 saturated carbocycles. The molecule has 1 aliphatic rings. The maximum Gasteiger partial charge on any atom is 0.471 e. The Morgan fingerprint density at radius 2 is 2.00 bits per heavy atom. The molecule has 1 unspecified atom stereocenters. The summed E-state index contributed by atoms with van der Waals surface area (Å²) in [7, 11) is 0. The summed E-state index contributed by atoms with van der Waals surface area (Å²) in [6.07, 6.45) is -8.71. The molecule has 3 N–H and O–H groups in total. The number of alkyl halides is 3. The molecular weight excluding hydrogens is 231 g/mol. The van der Waals surface area contributed by atoms with Gasteiger partial charge in [-0.3, -0.25) is 4.79 Å². The first kappa shape index (κ1) is 13.2. The molecule has 4 atom stereocenters. The Kier molecular flexibility index (Phi) is 3.76. The molecule has 0 aromatic carbocycles. The maximum absolute atomic E-state index is 11.9. The van der Waals surface area contributed by atoms with E-state index in [9.17, 15) is 23.1 Å². The molecular formula is C8H12F3NO4. The molecule has 0 aromatic heterocycles. The molecule has 16 heavy (non-hydrogen) atoms. The molecule has 94 valence electrons. The molecule has 1 aliphatic heterocycles. The van der Waals surface area contributed by atoms with Crippen molar-refractivity contribution in [3.63, 3.8) is 0 Å². The summed E-state index contributed by atoms with van der Waals surface area (Å²) in [6.45, 7) is 1.39. The van der Waals surface area contributed by atoms with E-state index in [0.29, 0.717) is 0 Å². The molecule has 0 radical (unpaired) electrons. The van der Waals surface area contributed by atoms with E-state index >= 15 is 0 Å². The molecule has 1 fully saturated rings. The van der Waals surface area contributed by atoms with Gasteiger partial charge in [0, 0.05) is 6.42 Å². The van der Waals surface area contributed by atoms with Crippen molar-refractivity contribution in [1.29, 1.82) is 0 Å². The monoisotopic (exact) mass is 243 g/mol. The van der Waals surface area contributed by atoms with Crippen molar-refractivity contribution in [3.8, 4) is 0 Å². The molecule has 5 nitrogen and oxygen atoms in total. The average molecular weight is 243 g/mol. The Balaban J connectivity index is 2.62. The lowest BCUT2D eigenvalue weighted by atomic mass is 9.99. The summed E-state index contributed by atoms with van der Waals surface area (Å²) in [5.74, 6) is -2.14.